The average Bonchev–Trinajstić information content (AvgIpc) is 2.41. The number of aryl methyl sites for hydroxylation is 1. The average molecular weight is 450 g/mol. The summed E-state index contributed by atoms with van der Waals surface area (Å²) < 4.78 is 2.40. The van der Waals surface area contributed by atoms with Gasteiger partial charge in [0.15, 0.2) is 0 Å². The summed E-state index contributed by atoms with van der Waals surface area (Å²) in [5, 5.41) is 10.9. The summed E-state index contributed by atoms with van der Waals surface area (Å²) in [6.45, 7) is 2.01. The van der Waals surface area contributed by atoms with Crippen LogP contribution >= 0.6 is 38.5 Å². The van der Waals surface area contributed by atoms with Crippen molar-refractivity contribution in [2.75, 3.05) is 0 Å². The van der Waals surface area contributed by atoms with Crippen LogP contribution in [0.5, 0.6) is 0 Å². The summed E-state index contributed by atoms with van der Waals surface area (Å²) in [6.07, 6.45) is 1.45. The first-order chi connectivity index (χ1) is 9.40. The maximum atomic E-state index is 12.1. The molecule has 8 heteroatoms. The number of hydrogen-bond acceptors (Lipinski definition) is 4. The second-order valence-electron chi connectivity index (χ2n) is 4.12. The third kappa shape index (κ3) is 3.06. The molecule has 0 saturated carbocycles. The lowest BCUT2D eigenvalue weighted by Gasteiger charge is -2.07. The van der Waals surface area contributed by atoms with Crippen molar-refractivity contribution in [2.24, 2.45) is 0 Å². The second kappa shape index (κ2) is 6.00. The van der Waals surface area contributed by atoms with Crippen molar-refractivity contribution in [1.29, 1.82) is 0 Å². The Morgan fingerprint density at radius 1 is 1.50 bits per heavy atom. The first-order valence-corrected chi connectivity index (χ1v) is 7.41. The number of rotatable bonds is 3. The van der Waals surface area contributed by atoms with Gasteiger partial charge in [-0.3, -0.25) is 19.5 Å². The minimum atomic E-state index is -0.465. The van der Waals surface area contributed by atoms with Gasteiger partial charge in [-0.05, 0) is 57.1 Å². The normalized spacial score (nSPS) is 10.6. The summed E-state index contributed by atoms with van der Waals surface area (Å²) in [7, 11) is 0. The summed E-state index contributed by atoms with van der Waals surface area (Å²) in [5.41, 5.74) is 1.17. The van der Waals surface area contributed by atoms with E-state index < -0.39 is 4.92 Å². The fraction of sp³-hybridized carbons (Fsp3) is 0.167. The maximum absolute atomic E-state index is 12.1. The molecular weight excluding hydrogens is 441 g/mol. The molecule has 0 amide bonds. The zero-order valence-corrected chi connectivity index (χ0v) is 14.1. The number of nitro groups is 1. The second-order valence-corrected chi connectivity index (χ2v) is 6.05. The summed E-state index contributed by atoms with van der Waals surface area (Å²) in [6, 6.07) is 4.78. The molecule has 0 aliphatic rings. The van der Waals surface area contributed by atoms with Gasteiger partial charge in [0.05, 0.1) is 31.5 Å². The quantitative estimate of drug-likeness (QED) is 0.410. The van der Waals surface area contributed by atoms with Gasteiger partial charge in [0.25, 0.3) is 11.2 Å². The topological polar surface area (TPSA) is 78.0 Å². The van der Waals surface area contributed by atoms with Crippen LogP contribution in [0.15, 0.2) is 33.8 Å². The Morgan fingerprint density at radius 2 is 2.20 bits per heavy atom. The van der Waals surface area contributed by atoms with Gasteiger partial charge >= 0.3 is 0 Å². The van der Waals surface area contributed by atoms with Crippen LogP contribution in [0, 0.1) is 20.6 Å². The van der Waals surface area contributed by atoms with E-state index in [4.69, 9.17) is 0 Å². The van der Waals surface area contributed by atoms with Crippen molar-refractivity contribution < 1.29 is 4.92 Å². The Morgan fingerprint density at radius 3 is 2.85 bits per heavy atom. The lowest BCUT2D eigenvalue weighted by atomic mass is 10.2. The SMILES string of the molecule is Cc1ncn(Cc2ccc(Br)c([N+](=O)[O-])c2)c(=O)c1I. The van der Waals surface area contributed by atoms with E-state index in [2.05, 4.69) is 20.9 Å². The number of benzene rings is 1. The van der Waals surface area contributed by atoms with Gasteiger partial charge in [0, 0.05) is 6.07 Å². The van der Waals surface area contributed by atoms with Crippen molar-refractivity contribution in [3.8, 4) is 0 Å². The molecule has 20 heavy (non-hydrogen) atoms. The molecule has 0 radical (unpaired) electrons. The summed E-state index contributed by atoms with van der Waals surface area (Å²) in [4.78, 5) is 26.6. The molecule has 0 spiro atoms. The molecule has 0 atom stereocenters. The highest BCUT2D eigenvalue weighted by Gasteiger charge is 2.13. The lowest BCUT2D eigenvalue weighted by Crippen LogP contribution is -2.24. The van der Waals surface area contributed by atoms with Crippen LogP contribution in [0.4, 0.5) is 5.69 Å². The zero-order valence-electron chi connectivity index (χ0n) is 10.3. The van der Waals surface area contributed by atoms with Crippen LogP contribution in [0.3, 0.4) is 0 Å². The van der Waals surface area contributed by atoms with Crippen molar-refractivity contribution in [3.63, 3.8) is 0 Å². The number of nitrogens with zero attached hydrogens (tertiary/aromatic N) is 3. The molecular formula is C12H9BrIN3O3. The van der Waals surface area contributed by atoms with Crippen LogP contribution in [0.2, 0.25) is 0 Å². The molecule has 0 saturated heterocycles. The predicted molar refractivity (Wildman–Crippen MR) is 85.8 cm³/mol. The number of hydrogen-bond donors (Lipinski definition) is 0. The molecule has 0 N–H and O–H groups in total. The number of nitro benzene ring substituents is 1. The van der Waals surface area contributed by atoms with Crippen LogP contribution in [0.25, 0.3) is 0 Å². The Labute approximate surface area is 136 Å². The first kappa shape index (κ1) is 15.1. The van der Waals surface area contributed by atoms with Gasteiger partial charge in [-0.1, -0.05) is 6.07 Å². The Hall–Kier alpha value is -1.29. The molecule has 1 aromatic heterocycles. The largest absolute Gasteiger partial charge is 0.294 e. The molecule has 1 heterocycles. The van der Waals surface area contributed by atoms with Gasteiger partial charge in [0.2, 0.25) is 0 Å². The van der Waals surface area contributed by atoms with Crippen molar-refractivity contribution in [2.45, 2.75) is 13.5 Å². The fourth-order valence-electron chi connectivity index (χ4n) is 1.65. The molecule has 0 aliphatic heterocycles. The molecule has 0 bridgehead atoms. The lowest BCUT2D eigenvalue weighted by molar-refractivity contribution is -0.385. The third-order valence-corrected chi connectivity index (χ3v) is 4.63. The van der Waals surface area contributed by atoms with Crippen molar-refractivity contribution >= 4 is 44.2 Å². The third-order valence-electron chi connectivity index (χ3n) is 2.72. The smallest absolute Gasteiger partial charge is 0.283 e. The molecule has 1 aromatic carbocycles. The minimum Gasteiger partial charge on any atom is -0.294 e. The zero-order chi connectivity index (χ0) is 14.9. The standard InChI is InChI=1S/C12H9BrIN3O3/c1-7-11(14)12(18)16(6-15-7)5-8-2-3-9(13)10(4-8)17(19)20/h2-4,6H,5H2,1H3. The highest BCUT2D eigenvalue weighted by Crippen LogP contribution is 2.25. The van der Waals surface area contributed by atoms with Crippen molar-refractivity contribution in [3.05, 3.63) is 64.3 Å². The van der Waals surface area contributed by atoms with Crippen LogP contribution in [-0.4, -0.2) is 14.5 Å². The van der Waals surface area contributed by atoms with E-state index >= 15 is 0 Å². The highest BCUT2D eigenvalue weighted by molar-refractivity contribution is 14.1. The van der Waals surface area contributed by atoms with Gasteiger partial charge in [0.1, 0.15) is 0 Å². The Kier molecular flexibility index (Phi) is 4.53. The van der Waals surface area contributed by atoms with E-state index in [-0.39, 0.29) is 17.8 Å². The molecule has 0 fully saturated rings. The van der Waals surface area contributed by atoms with Crippen molar-refractivity contribution in [1.82, 2.24) is 9.55 Å². The molecule has 0 unspecified atom stereocenters. The molecule has 0 aliphatic carbocycles. The van der Waals surface area contributed by atoms with E-state index in [9.17, 15) is 14.9 Å². The van der Waals surface area contributed by atoms with Gasteiger partial charge < -0.3 is 0 Å². The Balaban J connectivity index is 2.41. The molecule has 2 rings (SSSR count). The van der Waals surface area contributed by atoms with E-state index in [1.54, 1.807) is 19.1 Å². The Bertz CT molecular complexity index is 745. The van der Waals surface area contributed by atoms with E-state index in [0.717, 1.165) is 0 Å². The fourth-order valence-corrected chi connectivity index (χ4v) is 2.49. The van der Waals surface area contributed by atoms with Crippen LogP contribution < -0.4 is 5.56 Å². The van der Waals surface area contributed by atoms with Crippen LogP contribution in [-0.2, 0) is 6.54 Å². The van der Waals surface area contributed by atoms with Gasteiger partial charge in [-0.15, -0.1) is 0 Å². The summed E-state index contributed by atoms with van der Waals surface area (Å²) in [5.74, 6) is 0. The van der Waals surface area contributed by atoms with Gasteiger partial charge in [-0.2, -0.15) is 0 Å². The van der Waals surface area contributed by atoms with Gasteiger partial charge in [-0.25, -0.2) is 4.98 Å². The van der Waals surface area contributed by atoms with Crippen LogP contribution in [0.1, 0.15) is 11.3 Å². The number of halogens is 2. The summed E-state index contributed by atoms with van der Waals surface area (Å²) >= 11 is 5.08. The molecule has 6 nitrogen and oxygen atoms in total. The predicted octanol–water partition coefficient (Wildman–Crippen LogP) is 2.88. The van der Waals surface area contributed by atoms with E-state index in [1.165, 1.54) is 17.0 Å². The number of aromatic nitrogens is 2. The monoisotopic (exact) mass is 449 g/mol. The molecule has 2 aromatic rings. The first-order valence-electron chi connectivity index (χ1n) is 5.54. The maximum Gasteiger partial charge on any atom is 0.283 e. The molecule has 104 valence electrons. The minimum absolute atomic E-state index is 0.0229. The highest BCUT2D eigenvalue weighted by atomic mass is 127. The van der Waals surface area contributed by atoms with E-state index in [1.807, 2.05) is 22.6 Å². The van der Waals surface area contributed by atoms with E-state index in [0.29, 0.717) is 19.3 Å².